The van der Waals surface area contributed by atoms with Crippen molar-refractivity contribution in [3.63, 3.8) is 0 Å². The monoisotopic (exact) mass is 471 g/mol. The smallest absolute Gasteiger partial charge is 0.255 e. The molecule has 0 bridgehead atoms. The Balaban J connectivity index is 1.26. The van der Waals surface area contributed by atoms with Crippen molar-refractivity contribution in [3.05, 3.63) is 94.1 Å². The highest BCUT2D eigenvalue weighted by Crippen LogP contribution is 2.30. The van der Waals surface area contributed by atoms with Crippen LogP contribution in [0.1, 0.15) is 15.9 Å². The van der Waals surface area contributed by atoms with E-state index in [4.69, 9.17) is 5.73 Å². The predicted molar refractivity (Wildman–Crippen MR) is 136 cm³/mol. The minimum atomic E-state index is -0.212. The third-order valence-electron chi connectivity index (χ3n) is 5.30. The highest BCUT2D eigenvalue weighted by Gasteiger charge is 2.11. The lowest BCUT2D eigenvalue weighted by molar-refractivity contribution is 0.102. The van der Waals surface area contributed by atoms with E-state index in [1.54, 1.807) is 34.8 Å². The van der Waals surface area contributed by atoms with Crippen LogP contribution in [0.5, 0.6) is 0 Å². The van der Waals surface area contributed by atoms with Gasteiger partial charge in [-0.25, -0.2) is 0 Å². The number of nitrogen functional groups attached to an aromatic ring is 1. The number of nitrogens with one attached hydrogen (secondary N) is 1. The highest BCUT2D eigenvalue weighted by molar-refractivity contribution is 7.13. The van der Waals surface area contributed by atoms with Gasteiger partial charge >= 0.3 is 0 Å². The van der Waals surface area contributed by atoms with Crippen LogP contribution in [0.3, 0.4) is 0 Å². The SMILES string of the molecule is Nc1ccc(-c2cccs2)cc1NC(=O)c1ccc(-c2cn(CCc3ccsc3)nn2)cc1. The summed E-state index contributed by atoms with van der Waals surface area (Å²) < 4.78 is 1.84. The van der Waals surface area contributed by atoms with Gasteiger partial charge in [-0.3, -0.25) is 9.48 Å². The van der Waals surface area contributed by atoms with E-state index in [2.05, 4.69) is 32.5 Å². The second kappa shape index (κ2) is 9.40. The van der Waals surface area contributed by atoms with Crippen LogP contribution in [0, 0.1) is 0 Å². The molecule has 6 nitrogen and oxygen atoms in total. The number of benzene rings is 2. The molecule has 0 aliphatic heterocycles. The Morgan fingerprint density at radius 2 is 1.88 bits per heavy atom. The van der Waals surface area contributed by atoms with Crippen molar-refractivity contribution < 1.29 is 4.79 Å². The molecule has 2 aromatic carbocycles. The Bertz CT molecular complexity index is 1360. The first-order valence-corrected chi connectivity index (χ1v) is 12.2. The van der Waals surface area contributed by atoms with Crippen LogP contribution in [-0.4, -0.2) is 20.9 Å². The van der Waals surface area contributed by atoms with Gasteiger partial charge in [-0.1, -0.05) is 29.5 Å². The number of hydrogen-bond acceptors (Lipinski definition) is 6. The average Bonchev–Trinajstić information content (AvgIpc) is 3.62. The molecule has 0 aliphatic carbocycles. The molecule has 0 aliphatic rings. The van der Waals surface area contributed by atoms with Gasteiger partial charge in [0.1, 0.15) is 5.69 Å². The number of amides is 1. The number of nitrogens with two attached hydrogens (primary N) is 1. The lowest BCUT2D eigenvalue weighted by Crippen LogP contribution is -2.13. The molecular weight excluding hydrogens is 450 g/mol. The Kier molecular flexibility index (Phi) is 6.01. The normalized spacial score (nSPS) is 10.9. The van der Waals surface area contributed by atoms with E-state index < -0.39 is 0 Å². The minimum absolute atomic E-state index is 0.212. The van der Waals surface area contributed by atoms with Gasteiger partial charge in [0, 0.05) is 22.5 Å². The second-order valence-electron chi connectivity index (χ2n) is 7.56. The molecule has 3 N–H and O–H groups in total. The van der Waals surface area contributed by atoms with E-state index in [1.807, 2.05) is 58.7 Å². The molecule has 0 fully saturated rings. The van der Waals surface area contributed by atoms with Crippen LogP contribution < -0.4 is 11.1 Å². The molecule has 0 atom stereocenters. The summed E-state index contributed by atoms with van der Waals surface area (Å²) in [7, 11) is 0. The number of aryl methyl sites for hydroxylation is 2. The van der Waals surface area contributed by atoms with Gasteiger partial charge in [0.2, 0.25) is 0 Å². The Labute approximate surface area is 199 Å². The van der Waals surface area contributed by atoms with Crippen LogP contribution in [0.25, 0.3) is 21.7 Å². The van der Waals surface area contributed by atoms with Crippen LogP contribution in [0.15, 0.2) is 83.0 Å². The summed E-state index contributed by atoms with van der Waals surface area (Å²) >= 11 is 3.34. The summed E-state index contributed by atoms with van der Waals surface area (Å²) in [6, 6.07) is 19.2. The Morgan fingerprint density at radius 3 is 2.64 bits per heavy atom. The number of thiophene rings is 2. The van der Waals surface area contributed by atoms with Crippen LogP contribution in [-0.2, 0) is 13.0 Å². The number of aromatic nitrogens is 3. The zero-order valence-electron chi connectivity index (χ0n) is 17.6. The molecule has 0 saturated carbocycles. The summed E-state index contributed by atoms with van der Waals surface area (Å²) in [5.41, 5.74) is 11.8. The summed E-state index contributed by atoms with van der Waals surface area (Å²) in [4.78, 5) is 13.9. The largest absolute Gasteiger partial charge is 0.397 e. The Morgan fingerprint density at radius 1 is 1.03 bits per heavy atom. The first kappa shape index (κ1) is 21.1. The van der Waals surface area contributed by atoms with E-state index in [0.717, 1.165) is 34.7 Å². The maximum absolute atomic E-state index is 12.8. The van der Waals surface area contributed by atoms with Crippen LogP contribution in [0.2, 0.25) is 0 Å². The van der Waals surface area contributed by atoms with Gasteiger partial charge in [-0.15, -0.1) is 16.4 Å². The molecular formula is C25H21N5OS2. The van der Waals surface area contributed by atoms with E-state index in [-0.39, 0.29) is 5.91 Å². The molecule has 0 saturated heterocycles. The highest BCUT2D eigenvalue weighted by atomic mass is 32.1. The summed E-state index contributed by atoms with van der Waals surface area (Å²) in [6.45, 7) is 0.774. The maximum Gasteiger partial charge on any atom is 0.255 e. The topological polar surface area (TPSA) is 85.8 Å². The zero-order valence-corrected chi connectivity index (χ0v) is 19.3. The second-order valence-corrected chi connectivity index (χ2v) is 9.29. The summed E-state index contributed by atoms with van der Waals surface area (Å²) in [5, 5.41) is 17.7. The van der Waals surface area contributed by atoms with Crippen molar-refractivity contribution >= 4 is 40.0 Å². The van der Waals surface area contributed by atoms with Crippen molar-refractivity contribution in [1.29, 1.82) is 0 Å². The van der Waals surface area contributed by atoms with Crippen molar-refractivity contribution in [2.24, 2.45) is 0 Å². The fourth-order valence-corrected chi connectivity index (χ4v) is 4.89. The fraction of sp³-hybridized carbons (Fsp3) is 0.0800. The molecule has 3 aromatic heterocycles. The quantitative estimate of drug-likeness (QED) is 0.293. The van der Waals surface area contributed by atoms with Gasteiger partial charge in [0.05, 0.1) is 17.6 Å². The molecule has 164 valence electrons. The number of anilines is 2. The number of hydrogen-bond donors (Lipinski definition) is 2. The van der Waals surface area contributed by atoms with Crippen molar-refractivity contribution in [1.82, 2.24) is 15.0 Å². The summed E-state index contributed by atoms with van der Waals surface area (Å²) in [6.07, 6.45) is 2.85. The molecule has 0 unspecified atom stereocenters. The van der Waals surface area contributed by atoms with Crippen molar-refractivity contribution in [2.75, 3.05) is 11.1 Å². The summed E-state index contributed by atoms with van der Waals surface area (Å²) in [5.74, 6) is -0.212. The van der Waals surface area contributed by atoms with Gasteiger partial charge in [0.25, 0.3) is 5.91 Å². The number of rotatable bonds is 7. The molecule has 1 amide bonds. The van der Waals surface area contributed by atoms with E-state index in [0.29, 0.717) is 16.9 Å². The maximum atomic E-state index is 12.8. The van der Waals surface area contributed by atoms with E-state index >= 15 is 0 Å². The third-order valence-corrected chi connectivity index (χ3v) is 6.95. The molecule has 8 heteroatoms. The first-order valence-electron chi connectivity index (χ1n) is 10.4. The Hall–Kier alpha value is -3.75. The number of carbonyl (C=O) groups is 1. The fourth-order valence-electron chi connectivity index (χ4n) is 3.47. The number of carbonyl (C=O) groups excluding carboxylic acids is 1. The van der Waals surface area contributed by atoms with Crippen molar-refractivity contribution in [2.45, 2.75) is 13.0 Å². The van der Waals surface area contributed by atoms with Gasteiger partial charge in [-0.2, -0.15) is 11.3 Å². The average molecular weight is 472 g/mol. The first-order chi connectivity index (χ1) is 16.2. The lowest BCUT2D eigenvalue weighted by atomic mass is 10.1. The third kappa shape index (κ3) is 4.87. The zero-order chi connectivity index (χ0) is 22.6. The van der Waals surface area contributed by atoms with E-state index in [1.165, 1.54) is 5.56 Å². The van der Waals surface area contributed by atoms with Gasteiger partial charge in [-0.05, 0) is 70.1 Å². The molecule has 33 heavy (non-hydrogen) atoms. The van der Waals surface area contributed by atoms with Crippen LogP contribution >= 0.6 is 22.7 Å². The molecule has 0 spiro atoms. The standard InChI is InChI=1S/C25H21N5OS2/c26-21-8-7-20(24-2-1-12-33-24)14-22(21)27-25(31)19-5-3-18(4-6-19)23-15-30(29-28-23)11-9-17-10-13-32-16-17/h1-8,10,12-16H,9,11,26H2,(H,27,31). The molecule has 5 aromatic rings. The molecule has 5 rings (SSSR count). The van der Waals surface area contributed by atoms with Gasteiger partial charge in [0.15, 0.2) is 0 Å². The van der Waals surface area contributed by atoms with E-state index in [9.17, 15) is 4.79 Å². The van der Waals surface area contributed by atoms with Crippen molar-refractivity contribution in [3.8, 4) is 21.7 Å². The molecule has 0 radical (unpaired) electrons. The predicted octanol–water partition coefficient (Wildman–Crippen LogP) is 5.81. The van der Waals surface area contributed by atoms with Crippen LogP contribution in [0.4, 0.5) is 11.4 Å². The number of nitrogens with zero attached hydrogens (tertiary/aromatic N) is 3. The molecule has 3 heterocycles. The lowest BCUT2D eigenvalue weighted by Gasteiger charge is -2.10. The minimum Gasteiger partial charge on any atom is -0.397 e. The van der Waals surface area contributed by atoms with Gasteiger partial charge < -0.3 is 11.1 Å².